The number of amides is 1. The molecule has 1 heterocycles. The smallest absolute Gasteiger partial charge is 0.264 e. The largest absolute Gasteiger partial charge is 0.484 e. The van der Waals surface area contributed by atoms with Gasteiger partial charge in [0, 0.05) is 17.1 Å². The minimum absolute atomic E-state index is 0.126. The van der Waals surface area contributed by atoms with E-state index in [0.717, 1.165) is 27.9 Å². The Hall–Kier alpha value is -3.42. The standard InChI is InChI=1S/C25H22ClN3O3S/c1-15-9-16(2)11-20(10-15)31-14-23(30)29-25(33)27-19-6-3-17(4-7-19)12-24-28-21-13-18(26)5-8-22(21)32-24/h3-11,13H,12,14H2,1-2H3,(H2,27,29,30,33). The zero-order valence-electron chi connectivity index (χ0n) is 18.1. The van der Waals surface area contributed by atoms with Crippen LogP contribution in [0.4, 0.5) is 5.69 Å². The maximum absolute atomic E-state index is 12.1. The number of carbonyl (C=O) groups excluding carboxylic acids is 1. The van der Waals surface area contributed by atoms with E-state index < -0.39 is 0 Å². The maximum atomic E-state index is 12.1. The Morgan fingerprint density at radius 1 is 1.06 bits per heavy atom. The van der Waals surface area contributed by atoms with E-state index in [1.807, 2.05) is 62.4 Å². The molecular weight excluding hydrogens is 458 g/mol. The van der Waals surface area contributed by atoms with E-state index in [1.54, 1.807) is 12.1 Å². The number of fused-ring (bicyclic) bond motifs is 1. The summed E-state index contributed by atoms with van der Waals surface area (Å²) in [6.45, 7) is 3.83. The first-order chi connectivity index (χ1) is 15.8. The first kappa shape index (κ1) is 22.8. The molecule has 0 aliphatic carbocycles. The van der Waals surface area contributed by atoms with Crippen LogP contribution in [0.2, 0.25) is 5.02 Å². The lowest BCUT2D eigenvalue weighted by Gasteiger charge is -2.11. The van der Waals surface area contributed by atoms with Gasteiger partial charge in [-0.3, -0.25) is 10.1 Å². The molecule has 0 fully saturated rings. The number of ether oxygens (including phenoxy) is 1. The van der Waals surface area contributed by atoms with E-state index in [1.165, 1.54) is 0 Å². The monoisotopic (exact) mass is 479 g/mol. The van der Waals surface area contributed by atoms with Gasteiger partial charge >= 0.3 is 0 Å². The molecule has 0 saturated carbocycles. The molecule has 3 aromatic carbocycles. The number of rotatable bonds is 6. The number of benzene rings is 3. The second-order valence-electron chi connectivity index (χ2n) is 7.71. The van der Waals surface area contributed by atoms with E-state index in [4.69, 9.17) is 33.0 Å². The Kier molecular flexibility index (Phi) is 6.91. The van der Waals surface area contributed by atoms with E-state index >= 15 is 0 Å². The molecule has 0 radical (unpaired) electrons. The van der Waals surface area contributed by atoms with Crippen molar-refractivity contribution in [1.82, 2.24) is 10.3 Å². The normalized spacial score (nSPS) is 10.8. The summed E-state index contributed by atoms with van der Waals surface area (Å²) >= 11 is 11.2. The highest BCUT2D eigenvalue weighted by Gasteiger charge is 2.09. The van der Waals surface area contributed by atoms with Crippen LogP contribution in [0.3, 0.4) is 0 Å². The number of thiocarbonyl (C=S) groups is 1. The molecule has 6 nitrogen and oxygen atoms in total. The number of aromatic nitrogens is 1. The van der Waals surface area contributed by atoms with Gasteiger partial charge in [0.05, 0.1) is 0 Å². The number of nitrogens with one attached hydrogen (secondary N) is 2. The third kappa shape index (κ3) is 6.31. The second-order valence-corrected chi connectivity index (χ2v) is 8.55. The van der Waals surface area contributed by atoms with Crippen LogP contribution in [0.15, 0.2) is 65.1 Å². The van der Waals surface area contributed by atoms with Crippen molar-refractivity contribution in [3.8, 4) is 5.75 Å². The Morgan fingerprint density at radius 3 is 2.52 bits per heavy atom. The van der Waals surface area contributed by atoms with Crippen molar-refractivity contribution < 1.29 is 13.9 Å². The van der Waals surface area contributed by atoms with Crippen LogP contribution in [0.5, 0.6) is 5.75 Å². The fraction of sp³-hybridized carbons (Fsp3) is 0.160. The van der Waals surface area contributed by atoms with Gasteiger partial charge in [0.1, 0.15) is 11.3 Å². The van der Waals surface area contributed by atoms with Crippen molar-refractivity contribution in [1.29, 1.82) is 0 Å². The molecule has 4 aromatic rings. The summed E-state index contributed by atoms with van der Waals surface area (Å²) in [5, 5.41) is 6.44. The lowest BCUT2D eigenvalue weighted by atomic mass is 10.1. The molecule has 0 aliphatic rings. The van der Waals surface area contributed by atoms with Gasteiger partial charge in [0.2, 0.25) is 0 Å². The molecule has 0 bridgehead atoms. The molecule has 33 heavy (non-hydrogen) atoms. The van der Waals surface area contributed by atoms with Crippen LogP contribution in [0, 0.1) is 13.8 Å². The number of oxazole rings is 1. The van der Waals surface area contributed by atoms with Crippen molar-refractivity contribution in [2.24, 2.45) is 0 Å². The first-order valence-corrected chi connectivity index (χ1v) is 11.1. The summed E-state index contributed by atoms with van der Waals surface area (Å²) in [5.74, 6) is 0.929. The van der Waals surface area contributed by atoms with Gasteiger partial charge in [0.15, 0.2) is 23.2 Å². The van der Waals surface area contributed by atoms with Gasteiger partial charge in [0.25, 0.3) is 5.91 Å². The molecule has 168 valence electrons. The summed E-state index contributed by atoms with van der Waals surface area (Å²) in [7, 11) is 0. The van der Waals surface area contributed by atoms with Crippen LogP contribution < -0.4 is 15.4 Å². The lowest BCUT2D eigenvalue weighted by molar-refractivity contribution is -0.121. The zero-order valence-corrected chi connectivity index (χ0v) is 19.7. The number of aryl methyl sites for hydroxylation is 2. The molecular formula is C25H22ClN3O3S. The zero-order chi connectivity index (χ0) is 23.4. The molecule has 0 saturated heterocycles. The Morgan fingerprint density at radius 2 is 1.79 bits per heavy atom. The predicted molar refractivity (Wildman–Crippen MR) is 134 cm³/mol. The predicted octanol–water partition coefficient (Wildman–Crippen LogP) is 5.58. The minimum atomic E-state index is -0.334. The molecule has 0 unspecified atom stereocenters. The Balaban J connectivity index is 1.27. The molecule has 1 amide bonds. The van der Waals surface area contributed by atoms with Crippen LogP contribution >= 0.6 is 23.8 Å². The van der Waals surface area contributed by atoms with Crippen molar-refractivity contribution >= 4 is 51.6 Å². The fourth-order valence-corrected chi connectivity index (χ4v) is 3.79. The number of halogens is 1. The maximum Gasteiger partial charge on any atom is 0.264 e. The van der Waals surface area contributed by atoms with Crippen LogP contribution in [0.25, 0.3) is 11.1 Å². The third-order valence-corrected chi connectivity index (χ3v) is 5.22. The molecule has 0 atom stereocenters. The summed E-state index contributed by atoms with van der Waals surface area (Å²) in [6, 6.07) is 18.8. The SMILES string of the molecule is Cc1cc(C)cc(OCC(=O)NC(=S)Nc2ccc(Cc3nc4cc(Cl)ccc4o3)cc2)c1. The van der Waals surface area contributed by atoms with Crippen LogP contribution in [0.1, 0.15) is 22.6 Å². The van der Waals surface area contributed by atoms with Crippen molar-refractivity contribution in [2.45, 2.75) is 20.3 Å². The van der Waals surface area contributed by atoms with E-state index in [-0.39, 0.29) is 17.6 Å². The quantitative estimate of drug-likeness (QED) is 0.351. The van der Waals surface area contributed by atoms with Crippen LogP contribution in [-0.4, -0.2) is 22.6 Å². The van der Waals surface area contributed by atoms with Crippen molar-refractivity contribution in [3.63, 3.8) is 0 Å². The molecule has 1 aromatic heterocycles. The summed E-state index contributed by atoms with van der Waals surface area (Å²) < 4.78 is 11.3. The minimum Gasteiger partial charge on any atom is -0.484 e. The van der Waals surface area contributed by atoms with Gasteiger partial charge in [-0.05, 0) is 85.2 Å². The lowest BCUT2D eigenvalue weighted by Crippen LogP contribution is -2.37. The number of carbonyl (C=O) groups is 1. The molecule has 8 heteroatoms. The molecule has 4 rings (SSSR count). The first-order valence-electron chi connectivity index (χ1n) is 10.3. The Labute approximate surface area is 201 Å². The summed E-state index contributed by atoms with van der Waals surface area (Å²) in [6.07, 6.45) is 0.545. The number of anilines is 1. The van der Waals surface area contributed by atoms with Gasteiger partial charge in [-0.25, -0.2) is 4.98 Å². The third-order valence-electron chi connectivity index (χ3n) is 4.78. The highest BCUT2D eigenvalue weighted by atomic mass is 35.5. The van der Waals surface area contributed by atoms with Gasteiger partial charge in [-0.1, -0.05) is 29.8 Å². The summed E-state index contributed by atoms with van der Waals surface area (Å²) in [5.41, 5.74) is 5.37. The highest BCUT2D eigenvalue weighted by molar-refractivity contribution is 7.80. The van der Waals surface area contributed by atoms with Gasteiger partial charge in [-0.2, -0.15) is 0 Å². The molecule has 0 spiro atoms. The van der Waals surface area contributed by atoms with E-state index in [0.29, 0.717) is 28.7 Å². The van der Waals surface area contributed by atoms with Crippen molar-refractivity contribution in [3.05, 3.63) is 88.3 Å². The topological polar surface area (TPSA) is 76.4 Å². The molecule has 0 aliphatic heterocycles. The van der Waals surface area contributed by atoms with E-state index in [9.17, 15) is 4.79 Å². The number of hydrogen-bond donors (Lipinski definition) is 2. The van der Waals surface area contributed by atoms with Crippen molar-refractivity contribution in [2.75, 3.05) is 11.9 Å². The fourth-order valence-electron chi connectivity index (χ4n) is 3.39. The summed E-state index contributed by atoms with van der Waals surface area (Å²) in [4.78, 5) is 16.6. The number of nitrogens with zero attached hydrogens (tertiary/aromatic N) is 1. The second kappa shape index (κ2) is 10.0. The van der Waals surface area contributed by atoms with Gasteiger partial charge < -0.3 is 14.5 Å². The van der Waals surface area contributed by atoms with Crippen LogP contribution in [-0.2, 0) is 11.2 Å². The highest BCUT2D eigenvalue weighted by Crippen LogP contribution is 2.22. The average Bonchev–Trinajstić information content (AvgIpc) is 3.14. The molecule has 2 N–H and O–H groups in total. The van der Waals surface area contributed by atoms with Gasteiger partial charge in [-0.15, -0.1) is 0 Å². The number of hydrogen-bond acceptors (Lipinski definition) is 5. The Bertz CT molecular complexity index is 1300. The van der Waals surface area contributed by atoms with E-state index in [2.05, 4.69) is 15.6 Å². The average molecular weight is 480 g/mol.